The first-order valence-corrected chi connectivity index (χ1v) is 2.75. The van der Waals surface area contributed by atoms with E-state index in [9.17, 15) is 0 Å². The highest BCUT2D eigenvalue weighted by Crippen LogP contribution is 1.77. The summed E-state index contributed by atoms with van der Waals surface area (Å²) in [6.45, 7) is 1.49. The summed E-state index contributed by atoms with van der Waals surface area (Å²) in [4.78, 5) is 0. The van der Waals surface area contributed by atoms with Crippen molar-refractivity contribution in [3.63, 3.8) is 0 Å². The first kappa shape index (κ1) is 7.88. The van der Waals surface area contributed by atoms with Crippen LogP contribution in [0.15, 0.2) is 0 Å². The van der Waals surface area contributed by atoms with Crippen molar-refractivity contribution in [1.82, 2.24) is 5.73 Å². The Morgan fingerprint density at radius 3 is 2.62 bits per heavy atom. The summed E-state index contributed by atoms with van der Waals surface area (Å²) < 4.78 is 4.85. The van der Waals surface area contributed by atoms with E-state index in [1.807, 2.05) is 0 Å². The molecule has 0 spiro atoms. The van der Waals surface area contributed by atoms with Crippen LogP contribution in [0.4, 0.5) is 0 Å². The lowest BCUT2D eigenvalue weighted by Gasteiger charge is -1.97. The van der Waals surface area contributed by atoms with Crippen molar-refractivity contribution in [2.24, 2.45) is 0 Å². The Kier molecular flexibility index (Phi) is 6.78. The van der Waals surface area contributed by atoms with Crippen molar-refractivity contribution in [3.8, 4) is 0 Å². The maximum absolute atomic E-state index is 8.19. The molecule has 0 atom stereocenters. The minimum absolute atomic E-state index is 0.0813. The van der Waals surface area contributed by atoms with Gasteiger partial charge in [-0.1, -0.05) is 0 Å². The Bertz CT molecular complexity index is 35.4. The molecular formula is C5H12NO2. The average molecular weight is 118 g/mol. The molecule has 0 heterocycles. The molecule has 2 N–H and O–H groups in total. The third-order valence-electron chi connectivity index (χ3n) is 0.701. The van der Waals surface area contributed by atoms with Crippen LogP contribution < -0.4 is 5.73 Å². The van der Waals surface area contributed by atoms with Crippen LogP contribution in [0.5, 0.6) is 0 Å². The van der Waals surface area contributed by atoms with Gasteiger partial charge in [0, 0.05) is 13.2 Å². The van der Waals surface area contributed by atoms with Crippen LogP contribution in [0.1, 0.15) is 6.42 Å². The van der Waals surface area contributed by atoms with Gasteiger partial charge >= 0.3 is 0 Å². The second-order valence-electron chi connectivity index (χ2n) is 1.44. The molecule has 0 fully saturated rings. The smallest absolute Gasteiger partial charge is 0.0697 e. The predicted octanol–water partition coefficient (Wildman–Crippen LogP) is -0.332. The third kappa shape index (κ3) is 5.88. The van der Waals surface area contributed by atoms with E-state index in [1.54, 1.807) is 0 Å². The van der Waals surface area contributed by atoms with Gasteiger partial charge in [0.25, 0.3) is 0 Å². The van der Waals surface area contributed by atoms with Gasteiger partial charge in [0.15, 0.2) is 0 Å². The fraction of sp³-hybridized carbons (Fsp3) is 1.00. The fourth-order valence-electron chi connectivity index (χ4n) is 0.341. The number of rotatable bonds is 5. The first-order chi connectivity index (χ1) is 3.91. The van der Waals surface area contributed by atoms with Gasteiger partial charge in [0.05, 0.1) is 13.2 Å². The van der Waals surface area contributed by atoms with Crippen LogP contribution in [0.3, 0.4) is 0 Å². The van der Waals surface area contributed by atoms with Gasteiger partial charge in [-0.3, -0.25) is 5.73 Å². The average Bonchev–Trinajstić information content (AvgIpc) is 1.81. The maximum Gasteiger partial charge on any atom is 0.0697 e. The zero-order valence-corrected chi connectivity index (χ0v) is 4.89. The quantitative estimate of drug-likeness (QED) is 0.502. The summed E-state index contributed by atoms with van der Waals surface area (Å²) >= 11 is 0. The zero-order valence-electron chi connectivity index (χ0n) is 4.89. The van der Waals surface area contributed by atoms with E-state index in [0.29, 0.717) is 19.8 Å². The summed E-state index contributed by atoms with van der Waals surface area (Å²) in [6, 6.07) is 0. The summed E-state index contributed by atoms with van der Waals surface area (Å²) in [5.41, 5.74) is 6.70. The number of hydrogen-bond donors (Lipinski definition) is 1. The van der Waals surface area contributed by atoms with Crippen LogP contribution in [0.25, 0.3) is 0 Å². The van der Waals surface area contributed by atoms with Crippen molar-refractivity contribution in [1.29, 1.82) is 0 Å². The Morgan fingerprint density at radius 2 is 2.12 bits per heavy atom. The molecule has 3 nitrogen and oxygen atoms in total. The molecule has 0 aliphatic heterocycles. The monoisotopic (exact) mass is 118 g/mol. The number of aliphatic hydroxyl groups excluding tert-OH is 1. The van der Waals surface area contributed by atoms with Gasteiger partial charge in [-0.2, -0.15) is 0 Å². The van der Waals surface area contributed by atoms with E-state index < -0.39 is 0 Å². The molecule has 0 bridgehead atoms. The third-order valence-corrected chi connectivity index (χ3v) is 0.701. The molecule has 0 saturated carbocycles. The highest BCUT2D eigenvalue weighted by atomic mass is 16.5. The minimum Gasteiger partial charge on any atom is -0.394 e. The predicted molar refractivity (Wildman–Crippen MR) is 30.5 cm³/mol. The van der Waals surface area contributed by atoms with Crippen LogP contribution in [-0.4, -0.2) is 31.5 Å². The molecule has 49 valence electrons. The van der Waals surface area contributed by atoms with E-state index in [2.05, 4.69) is 0 Å². The molecule has 0 amide bonds. The van der Waals surface area contributed by atoms with Gasteiger partial charge in [-0.05, 0) is 6.42 Å². The molecule has 0 unspecified atom stereocenters. The molecule has 0 aromatic carbocycles. The number of aliphatic hydroxyl groups is 1. The SMILES string of the molecule is [NH]CCCOCCO. The van der Waals surface area contributed by atoms with Crippen molar-refractivity contribution in [2.45, 2.75) is 6.42 Å². The van der Waals surface area contributed by atoms with E-state index in [-0.39, 0.29) is 6.61 Å². The minimum atomic E-state index is 0.0813. The Morgan fingerprint density at radius 1 is 1.38 bits per heavy atom. The number of hydrogen-bond acceptors (Lipinski definition) is 2. The van der Waals surface area contributed by atoms with E-state index in [0.717, 1.165) is 6.42 Å². The van der Waals surface area contributed by atoms with E-state index >= 15 is 0 Å². The second kappa shape index (κ2) is 6.88. The number of ether oxygens (including phenoxy) is 1. The van der Waals surface area contributed by atoms with Gasteiger partial charge < -0.3 is 9.84 Å². The standard InChI is InChI=1S/C5H12NO2/c6-2-1-4-8-5-3-7/h6-7H,1-5H2. The van der Waals surface area contributed by atoms with Crippen molar-refractivity contribution >= 4 is 0 Å². The van der Waals surface area contributed by atoms with Crippen molar-refractivity contribution in [2.75, 3.05) is 26.4 Å². The lowest BCUT2D eigenvalue weighted by molar-refractivity contribution is 0.0916. The topological polar surface area (TPSA) is 53.3 Å². The van der Waals surface area contributed by atoms with Gasteiger partial charge in [-0.25, -0.2) is 0 Å². The molecule has 0 saturated heterocycles. The molecule has 0 aliphatic rings. The summed E-state index contributed by atoms with van der Waals surface area (Å²) in [7, 11) is 0. The molecule has 0 aliphatic carbocycles. The summed E-state index contributed by atoms with van der Waals surface area (Å²) in [5.74, 6) is 0. The zero-order chi connectivity index (χ0) is 6.24. The molecule has 0 aromatic rings. The summed E-state index contributed by atoms with van der Waals surface area (Å²) in [5, 5.41) is 8.19. The van der Waals surface area contributed by atoms with E-state index in [4.69, 9.17) is 15.6 Å². The molecular weight excluding hydrogens is 106 g/mol. The first-order valence-electron chi connectivity index (χ1n) is 2.75. The van der Waals surface area contributed by atoms with Crippen molar-refractivity contribution in [3.05, 3.63) is 0 Å². The Hall–Kier alpha value is -0.120. The Labute approximate surface area is 49.4 Å². The van der Waals surface area contributed by atoms with Gasteiger partial charge in [0.1, 0.15) is 0 Å². The largest absolute Gasteiger partial charge is 0.394 e. The van der Waals surface area contributed by atoms with Crippen molar-refractivity contribution < 1.29 is 9.84 Å². The van der Waals surface area contributed by atoms with Crippen LogP contribution >= 0.6 is 0 Å². The lowest BCUT2D eigenvalue weighted by Crippen LogP contribution is -2.02. The molecule has 1 radical (unpaired) electrons. The molecule has 3 heteroatoms. The molecule has 0 aromatic heterocycles. The normalized spacial score (nSPS) is 9.75. The summed E-state index contributed by atoms with van der Waals surface area (Å²) in [6.07, 6.45) is 0.764. The molecule has 0 rings (SSSR count). The van der Waals surface area contributed by atoms with Gasteiger partial charge in [-0.15, -0.1) is 0 Å². The number of nitrogens with one attached hydrogen (secondary N) is 1. The van der Waals surface area contributed by atoms with Crippen LogP contribution in [0, 0.1) is 0 Å². The highest BCUT2D eigenvalue weighted by molar-refractivity contribution is 4.33. The molecule has 8 heavy (non-hydrogen) atoms. The van der Waals surface area contributed by atoms with E-state index in [1.165, 1.54) is 0 Å². The highest BCUT2D eigenvalue weighted by Gasteiger charge is 1.82. The fourth-order valence-corrected chi connectivity index (χ4v) is 0.341. The van der Waals surface area contributed by atoms with Crippen LogP contribution in [0.2, 0.25) is 0 Å². The maximum atomic E-state index is 8.19. The van der Waals surface area contributed by atoms with Gasteiger partial charge in [0.2, 0.25) is 0 Å². The lowest BCUT2D eigenvalue weighted by atomic mass is 10.5. The Balaban J connectivity index is 2.53. The second-order valence-corrected chi connectivity index (χ2v) is 1.44. The van der Waals surface area contributed by atoms with Crippen LogP contribution in [-0.2, 0) is 4.74 Å².